The first kappa shape index (κ1) is 28.0. The van der Waals surface area contributed by atoms with E-state index in [1.807, 2.05) is 13.8 Å². The van der Waals surface area contributed by atoms with E-state index in [2.05, 4.69) is 41.5 Å². The van der Waals surface area contributed by atoms with Crippen LogP contribution >= 0.6 is 0 Å². The van der Waals surface area contributed by atoms with E-state index in [0.29, 0.717) is 31.5 Å². The van der Waals surface area contributed by atoms with Crippen LogP contribution in [0.5, 0.6) is 0 Å². The fraction of sp³-hybridized carbons (Fsp3) is 0.844. The molecule has 3 saturated carbocycles. The Morgan fingerprint density at radius 1 is 1.11 bits per heavy atom. The number of ether oxygens (including phenoxy) is 2. The Kier molecular flexibility index (Phi) is 6.26. The van der Waals surface area contributed by atoms with Crippen LogP contribution in [-0.4, -0.2) is 46.6 Å². The molecule has 1 N–H and O–H groups in total. The molecule has 6 heteroatoms. The minimum absolute atomic E-state index is 0.0341. The van der Waals surface area contributed by atoms with Gasteiger partial charge in [-0.1, -0.05) is 47.1 Å². The zero-order chi connectivity index (χ0) is 28.2. The second-order valence-corrected chi connectivity index (χ2v) is 15.2. The van der Waals surface area contributed by atoms with Gasteiger partial charge in [0.1, 0.15) is 18.0 Å². The van der Waals surface area contributed by atoms with Crippen molar-refractivity contribution in [2.45, 2.75) is 131 Å². The topological polar surface area (TPSA) is 93.2 Å². The molecule has 0 radical (unpaired) electrons. The Morgan fingerprint density at radius 3 is 2.32 bits per heavy atom. The molecule has 4 aliphatic carbocycles. The Balaban J connectivity index is 1.50. The summed E-state index contributed by atoms with van der Waals surface area (Å²) in [6.45, 7) is 18.6. The molecular weight excluding hydrogens is 480 g/mol. The van der Waals surface area contributed by atoms with E-state index in [-0.39, 0.29) is 62.9 Å². The van der Waals surface area contributed by atoms with Crippen molar-refractivity contribution in [3.05, 3.63) is 11.1 Å². The highest BCUT2D eigenvalue weighted by molar-refractivity contribution is 6.00. The molecule has 4 unspecified atom stereocenters. The monoisotopic (exact) mass is 528 g/mol. The van der Waals surface area contributed by atoms with Crippen molar-refractivity contribution in [1.82, 2.24) is 0 Å². The number of rotatable bonds is 5. The number of aliphatic hydroxyl groups excluding tert-OH is 1. The average Bonchev–Trinajstić information content (AvgIpc) is 3.32. The number of Topliss-reactive ketones (excluding diaryl/α,β-unsaturated/α-hetero) is 2. The van der Waals surface area contributed by atoms with Crippen molar-refractivity contribution in [2.24, 2.45) is 39.4 Å². The summed E-state index contributed by atoms with van der Waals surface area (Å²) in [7, 11) is 0. The molecule has 4 fully saturated rings. The number of hydrogen-bond acceptors (Lipinski definition) is 6. The van der Waals surface area contributed by atoms with E-state index in [0.717, 1.165) is 30.4 Å². The van der Waals surface area contributed by atoms with Crippen LogP contribution in [0.25, 0.3) is 0 Å². The quantitative estimate of drug-likeness (QED) is 0.369. The summed E-state index contributed by atoms with van der Waals surface area (Å²) < 4.78 is 11.5. The van der Waals surface area contributed by atoms with Crippen LogP contribution in [-0.2, 0) is 23.9 Å². The maximum absolute atomic E-state index is 13.8. The third-order valence-corrected chi connectivity index (χ3v) is 12.3. The van der Waals surface area contributed by atoms with Gasteiger partial charge < -0.3 is 14.6 Å². The highest BCUT2D eigenvalue weighted by atomic mass is 16.6. The molecule has 6 nitrogen and oxygen atoms in total. The maximum atomic E-state index is 13.8. The summed E-state index contributed by atoms with van der Waals surface area (Å²) in [5.74, 6) is 0.350. The number of allylic oxidation sites excluding steroid dienone is 1. The SMILES string of the molecule is CC(=O)OC(CC(C)C1=C2CC(O)[C@H]3[C@@]4(C)CCC(=O)C(C)(C)[C@@H]4CC[C@]3(C)[C@@]2(C)CC1=O)C1OC1(C)C. The number of hydrogen-bond donors (Lipinski definition) is 1. The summed E-state index contributed by atoms with van der Waals surface area (Å²) in [6, 6.07) is 0. The van der Waals surface area contributed by atoms with Crippen LogP contribution in [0, 0.1) is 39.4 Å². The minimum Gasteiger partial charge on any atom is -0.460 e. The number of fused-ring (bicyclic) bond motifs is 5. The maximum Gasteiger partial charge on any atom is 0.302 e. The molecule has 0 bridgehead atoms. The predicted molar refractivity (Wildman–Crippen MR) is 144 cm³/mol. The lowest BCUT2D eigenvalue weighted by Gasteiger charge is -2.68. The fourth-order valence-electron chi connectivity index (χ4n) is 10.3. The van der Waals surface area contributed by atoms with Gasteiger partial charge in [0.25, 0.3) is 0 Å². The van der Waals surface area contributed by atoms with Gasteiger partial charge in [-0.2, -0.15) is 0 Å². The van der Waals surface area contributed by atoms with Crippen LogP contribution in [0.1, 0.15) is 107 Å². The zero-order valence-corrected chi connectivity index (χ0v) is 24.9. The van der Waals surface area contributed by atoms with Gasteiger partial charge in [0.05, 0.1) is 11.7 Å². The van der Waals surface area contributed by atoms with Crippen molar-refractivity contribution in [3.63, 3.8) is 0 Å². The van der Waals surface area contributed by atoms with Crippen molar-refractivity contribution in [3.8, 4) is 0 Å². The van der Waals surface area contributed by atoms with Crippen LogP contribution in [0.2, 0.25) is 0 Å². The van der Waals surface area contributed by atoms with Crippen LogP contribution in [0.15, 0.2) is 11.1 Å². The molecule has 0 aromatic heterocycles. The molecule has 5 rings (SSSR count). The largest absolute Gasteiger partial charge is 0.460 e. The average molecular weight is 529 g/mol. The van der Waals surface area contributed by atoms with Crippen LogP contribution in [0.4, 0.5) is 0 Å². The predicted octanol–water partition coefficient (Wildman–Crippen LogP) is 5.59. The smallest absolute Gasteiger partial charge is 0.302 e. The van der Waals surface area contributed by atoms with Crippen molar-refractivity contribution in [1.29, 1.82) is 0 Å². The summed E-state index contributed by atoms with van der Waals surface area (Å²) in [4.78, 5) is 38.6. The standard InChI is InChI=1S/C32H48O6/c1-17(14-22(37-18(2)33)27-29(5,6)38-27)25-19-15-20(34)26-30(7)12-11-24(36)28(3,4)23(30)10-13-31(26,8)32(19,9)16-21(25)35/h17,20,22-23,26-27,34H,10-16H2,1-9H3/t17?,20?,22?,23-,26-,27?,30-,31-,32-/m0/s1. The van der Waals surface area contributed by atoms with E-state index in [1.54, 1.807) is 0 Å². The molecule has 38 heavy (non-hydrogen) atoms. The summed E-state index contributed by atoms with van der Waals surface area (Å²) in [5.41, 5.74) is 0.516. The molecule has 9 atom stereocenters. The zero-order valence-electron chi connectivity index (χ0n) is 24.9. The molecule has 212 valence electrons. The van der Waals surface area contributed by atoms with Gasteiger partial charge >= 0.3 is 5.97 Å². The van der Waals surface area contributed by atoms with Crippen molar-refractivity contribution in [2.75, 3.05) is 0 Å². The Bertz CT molecular complexity index is 1100. The van der Waals surface area contributed by atoms with E-state index in [9.17, 15) is 19.5 Å². The van der Waals surface area contributed by atoms with E-state index < -0.39 is 12.2 Å². The molecule has 0 aromatic carbocycles. The Hall–Kier alpha value is -1.53. The van der Waals surface area contributed by atoms with E-state index >= 15 is 0 Å². The molecule has 0 spiro atoms. The molecule has 1 aliphatic heterocycles. The Morgan fingerprint density at radius 2 is 1.74 bits per heavy atom. The lowest BCUT2D eigenvalue weighted by atomic mass is 9.36. The number of epoxide rings is 1. The minimum atomic E-state index is -0.553. The summed E-state index contributed by atoms with van der Waals surface area (Å²) in [6.07, 6.45) is 3.59. The lowest BCUT2D eigenvalue weighted by molar-refractivity contribution is -0.208. The number of carbonyl (C=O) groups is 3. The first-order valence-corrected chi connectivity index (χ1v) is 14.7. The fourth-order valence-corrected chi connectivity index (χ4v) is 10.3. The molecule has 0 amide bonds. The lowest BCUT2D eigenvalue weighted by Crippen LogP contribution is -2.65. The summed E-state index contributed by atoms with van der Waals surface area (Å²) in [5, 5.41) is 11.9. The number of esters is 1. The van der Waals surface area contributed by atoms with E-state index in [4.69, 9.17) is 9.47 Å². The molecule has 0 aromatic rings. The number of ketones is 2. The highest BCUT2D eigenvalue weighted by Gasteiger charge is 2.70. The van der Waals surface area contributed by atoms with E-state index in [1.165, 1.54) is 6.92 Å². The van der Waals surface area contributed by atoms with Gasteiger partial charge in [-0.15, -0.1) is 0 Å². The number of carbonyl (C=O) groups excluding carboxylic acids is 3. The third-order valence-electron chi connectivity index (χ3n) is 12.3. The van der Waals surface area contributed by atoms with Crippen molar-refractivity contribution >= 4 is 17.5 Å². The van der Waals surface area contributed by atoms with Crippen LogP contribution < -0.4 is 0 Å². The second-order valence-electron chi connectivity index (χ2n) is 15.2. The molecule has 1 heterocycles. The third kappa shape index (κ3) is 3.75. The number of aliphatic hydroxyl groups is 1. The van der Waals surface area contributed by atoms with Gasteiger partial charge in [-0.3, -0.25) is 14.4 Å². The highest BCUT2D eigenvalue weighted by Crippen LogP contribution is 2.73. The van der Waals surface area contributed by atoms with Crippen LogP contribution in [0.3, 0.4) is 0 Å². The first-order chi connectivity index (χ1) is 17.4. The van der Waals surface area contributed by atoms with Gasteiger partial charge in [-0.25, -0.2) is 0 Å². The molecular formula is C32H48O6. The Labute approximate surface area is 228 Å². The van der Waals surface area contributed by atoms with Gasteiger partial charge in [-0.05, 0) is 80.1 Å². The molecule has 1 saturated heterocycles. The summed E-state index contributed by atoms with van der Waals surface area (Å²) >= 11 is 0. The second kappa shape index (κ2) is 8.49. The van der Waals surface area contributed by atoms with Gasteiger partial charge in [0.2, 0.25) is 0 Å². The molecule has 5 aliphatic rings. The van der Waals surface area contributed by atoms with Crippen molar-refractivity contribution < 1.29 is 29.0 Å². The van der Waals surface area contributed by atoms with Gasteiger partial charge in [0, 0.05) is 30.6 Å². The normalized spacial score (nSPS) is 44.6. The van der Waals surface area contributed by atoms with Gasteiger partial charge in [0.15, 0.2) is 5.78 Å². The first-order valence-electron chi connectivity index (χ1n) is 14.7.